The minimum atomic E-state index is -1.77. The van der Waals surface area contributed by atoms with Gasteiger partial charge in [-0.2, -0.15) is 0 Å². The Morgan fingerprint density at radius 3 is 0.500 bits per heavy atom. The van der Waals surface area contributed by atoms with Crippen LogP contribution in [0.1, 0.15) is 236 Å². The van der Waals surface area contributed by atoms with Crippen molar-refractivity contribution in [1.29, 1.82) is 0 Å². The highest BCUT2D eigenvalue weighted by molar-refractivity contribution is 7.43. The molecular weight excluding hydrogens is 1680 g/mol. The van der Waals surface area contributed by atoms with E-state index in [1.54, 1.807) is 7.11 Å². The van der Waals surface area contributed by atoms with Crippen molar-refractivity contribution in [2.24, 2.45) is 0 Å². The fourth-order valence-electron chi connectivity index (χ4n) is 11.9. The summed E-state index contributed by atoms with van der Waals surface area (Å²) in [6.07, 6.45) is 7.92. The Kier molecular flexibility index (Phi) is 58.0. The minimum absolute atomic E-state index is 0.265. The molecule has 0 N–H and O–H groups in total. The third kappa shape index (κ3) is 42.0. The van der Waals surface area contributed by atoms with Crippen LogP contribution in [0.5, 0.6) is 40.2 Å². The molecule has 0 amide bonds. The van der Waals surface area contributed by atoms with Crippen molar-refractivity contribution in [3.8, 4) is 40.2 Å². The van der Waals surface area contributed by atoms with Crippen molar-refractivity contribution in [3.63, 3.8) is 0 Å². The van der Waals surface area contributed by atoms with Gasteiger partial charge in [-0.05, 0) is 174 Å². The summed E-state index contributed by atoms with van der Waals surface area (Å²) in [4.78, 5) is 0. The monoisotopic (exact) mass is 1820 g/mol. The molecule has 692 valence electrons. The number of hydrogen-bond donors (Lipinski definition) is 0. The van der Waals surface area contributed by atoms with Gasteiger partial charge >= 0.3 is 43.0 Å². The van der Waals surface area contributed by atoms with Crippen LogP contribution < -0.4 is 31.7 Å². The molecular formula is C96H145O23P5. The molecule has 0 aliphatic carbocycles. The van der Waals surface area contributed by atoms with Crippen LogP contribution in [0.4, 0.5) is 0 Å². The van der Waals surface area contributed by atoms with Crippen LogP contribution in [0.2, 0.25) is 0 Å². The van der Waals surface area contributed by atoms with Gasteiger partial charge in [0, 0.05) is 13.7 Å². The quantitative estimate of drug-likeness (QED) is 0.0256. The van der Waals surface area contributed by atoms with E-state index in [-0.39, 0.29) is 19.8 Å². The van der Waals surface area contributed by atoms with Gasteiger partial charge in [0.2, 0.25) is 0 Å². The fourth-order valence-corrected chi connectivity index (χ4v) is 16.8. The van der Waals surface area contributed by atoms with Crippen LogP contribution in [-0.4, -0.2) is 159 Å². The van der Waals surface area contributed by atoms with Gasteiger partial charge in [0.15, 0.2) is 0 Å². The molecule has 0 aromatic heterocycles. The van der Waals surface area contributed by atoms with E-state index in [1.165, 1.54) is 0 Å². The van der Waals surface area contributed by atoms with Crippen molar-refractivity contribution in [2.45, 2.75) is 197 Å². The average Bonchev–Trinajstić information content (AvgIpc) is 0.813. The number of rotatable bonds is 71. The van der Waals surface area contributed by atoms with Gasteiger partial charge in [0.1, 0.15) is 40.2 Å². The maximum Gasteiger partial charge on any atom is 0.463 e. The van der Waals surface area contributed by atoms with Crippen LogP contribution in [0.25, 0.3) is 0 Å². The lowest BCUT2D eigenvalue weighted by molar-refractivity contribution is 0.0182. The number of hydrogen-bond acceptors (Lipinski definition) is 23. The van der Waals surface area contributed by atoms with E-state index in [9.17, 15) is 0 Å². The summed E-state index contributed by atoms with van der Waals surface area (Å²) in [6.45, 7) is 41.1. The molecule has 0 spiro atoms. The van der Waals surface area contributed by atoms with Crippen LogP contribution in [0.3, 0.4) is 0 Å². The van der Waals surface area contributed by atoms with Crippen molar-refractivity contribution in [2.75, 3.05) is 159 Å². The summed E-state index contributed by atoms with van der Waals surface area (Å²) in [5.41, 5.74) is 7.89. The maximum absolute atomic E-state index is 6.47. The van der Waals surface area contributed by atoms with Crippen molar-refractivity contribution in [3.05, 3.63) is 209 Å². The summed E-state index contributed by atoms with van der Waals surface area (Å²) in [5.74, 6) is 7.74. The molecule has 10 unspecified atom stereocenters. The van der Waals surface area contributed by atoms with Gasteiger partial charge in [-0.3, -0.25) is 9.05 Å². The van der Waals surface area contributed by atoms with E-state index in [0.29, 0.717) is 174 Å². The third-order valence-corrected chi connectivity index (χ3v) is 26.1. The summed E-state index contributed by atoms with van der Waals surface area (Å²) in [5, 5.41) is 0. The Morgan fingerprint density at radius 1 is 0.185 bits per heavy atom. The zero-order chi connectivity index (χ0) is 89.0. The lowest BCUT2D eigenvalue weighted by Gasteiger charge is -2.23. The summed E-state index contributed by atoms with van der Waals surface area (Å²) in [7, 11) is -6.90. The van der Waals surface area contributed by atoms with E-state index in [1.807, 2.05) is 127 Å². The minimum Gasteiger partial charge on any atom is -0.426 e. The average molecular weight is 1820 g/mol. The number of methoxy groups -OCH3 is 1. The Hall–Kier alpha value is -5.35. The van der Waals surface area contributed by atoms with Gasteiger partial charge in [0.25, 0.3) is 0 Å². The van der Waals surface area contributed by atoms with Gasteiger partial charge in [0.05, 0.1) is 145 Å². The molecule has 28 heteroatoms. The Balaban J connectivity index is 0.000000404. The zero-order valence-corrected chi connectivity index (χ0v) is 81.2. The van der Waals surface area contributed by atoms with Crippen LogP contribution in [0, 0.1) is 0 Å². The second-order valence-electron chi connectivity index (χ2n) is 29.6. The summed E-state index contributed by atoms with van der Waals surface area (Å²) >= 11 is 0. The molecule has 0 radical (unpaired) electrons. The highest BCUT2D eigenvalue weighted by Crippen LogP contribution is 2.50. The standard InChI is InChI=1S/C55H83O14P3.C41H62O9P2/c1-10-44(5)48-22-14-18-26-52(48)66-70(61-39-30-56-9)62-40-35-57-31-32-58-36-41-63-71(67-53-27-19-15-23-49(53)45(6)11-2)64-42-37-59-33-34-60-38-43-65-72(68-54-28-20-16-24-50(54)46(7)12-3)69-55-29-21-17-25-51(55)47(8)13-4;1-8-24-42-27-30-45-51(48-39-21-15-12-18-36(39)33(5)9-2)46-31-28-43-25-26-44-29-32-47-52(49-40-22-16-13-19-37(40)34(6)10-3)50-41-23-17-14-20-38(41)35(7)11-4/h14-29,44-47H,10-13,30-43H2,1-9H3;12-23,33-35H,8-11,24-32H2,1-7H3. The first-order valence-corrected chi connectivity index (χ1v) is 50.1. The normalized spacial score (nSPS) is 14.5. The first-order chi connectivity index (χ1) is 60.6. The largest absolute Gasteiger partial charge is 0.463 e. The molecule has 0 aliphatic heterocycles. The molecule has 7 aromatic carbocycles. The van der Waals surface area contributed by atoms with Crippen molar-refractivity contribution < 1.29 is 106 Å². The predicted molar refractivity (Wildman–Crippen MR) is 501 cm³/mol. The number of ether oxygens (including phenoxy) is 8. The highest BCUT2D eigenvalue weighted by Gasteiger charge is 2.28. The molecule has 0 saturated heterocycles. The molecule has 10 atom stereocenters. The van der Waals surface area contributed by atoms with Crippen molar-refractivity contribution >= 4 is 43.0 Å². The molecule has 7 rings (SSSR count). The van der Waals surface area contributed by atoms with E-state index in [4.69, 9.17) is 106 Å². The first kappa shape index (κ1) is 107. The Morgan fingerprint density at radius 2 is 0.331 bits per heavy atom. The van der Waals surface area contributed by atoms with Gasteiger partial charge in [-0.1, -0.05) is 231 Å². The molecule has 0 heterocycles. The molecule has 23 nitrogen and oxygen atoms in total. The molecule has 0 aliphatic rings. The molecule has 7 aromatic rings. The molecule has 0 bridgehead atoms. The third-order valence-electron chi connectivity index (χ3n) is 20.6. The summed E-state index contributed by atoms with van der Waals surface area (Å²) in [6, 6.07) is 56.5. The number of benzene rings is 7. The van der Waals surface area contributed by atoms with Gasteiger partial charge in [-0.15, -0.1) is 0 Å². The predicted octanol–water partition coefficient (Wildman–Crippen LogP) is 26.6. The first-order valence-electron chi connectivity index (χ1n) is 44.6. The lowest BCUT2D eigenvalue weighted by atomic mass is 9.98. The lowest BCUT2D eigenvalue weighted by Crippen LogP contribution is -2.13. The smallest absolute Gasteiger partial charge is 0.426 e. The van der Waals surface area contributed by atoms with E-state index >= 15 is 0 Å². The molecule has 0 saturated carbocycles. The Bertz CT molecular complexity index is 3730. The van der Waals surface area contributed by atoms with Crippen LogP contribution in [-0.2, 0) is 74.1 Å². The van der Waals surface area contributed by atoms with E-state index < -0.39 is 43.0 Å². The molecule has 0 fully saturated rings. The molecule has 124 heavy (non-hydrogen) atoms. The van der Waals surface area contributed by atoms with E-state index in [2.05, 4.69) is 146 Å². The van der Waals surface area contributed by atoms with Crippen LogP contribution in [0.15, 0.2) is 170 Å². The second-order valence-corrected chi connectivity index (χ2v) is 35.2. The maximum atomic E-state index is 6.47. The van der Waals surface area contributed by atoms with Gasteiger partial charge in [-0.25, -0.2) is 0 Å². The summed E-state index contributed by atoms with van der Waals surface area (Å²) < 4.78 is 139. The van der Waals surface area contributed by atoms with Crippen LogP contribution >= 0.6 is 43.0 Å². The topological polar surface area (TPSA) is 212 Å². The fraction of sp³-hybridized carbons (Fsp3) is 0.562. The van der Waals surface area contributed by atoms with Crippen molar-refractivity contribution in [1.82, 2.24) is 0 Å². The van der Waals surface area contributed by atoms with Gasteiger partial charge < -0.3 is 96.7 Å². The second kappa shape index (κ2) is 66.9. The van der Waals surface area contributed by atoms with E-state index in [0.717, 1.165) is 131 Å². The highest BCUT2D eigenvalue weighted by atomic mass is 31.2. The number of para-hydroxylation sites is 7. The SMILES string of the molecule is CCC(C)c1ccccc1OP(OCCOC)OCCOCCOCCOP(OCCOCCOCCOP(Oc1ccccc1C(C)CC)Oc1ccccc1C(C)CC)Oc1ccccc1C(C)CC.CCCOCCOP(OCCOCCOCCOP(Oc1ccccc1C(C)CC)Oc1ccccc1C(C)CC)Oc1ccccc1C(C)CC. The zero-order valence-electron chi connectivity index (χ0n) is 76.8. The Labute approximate surface area is 749 Å².